The van der Waals surface area contributed by atoms with Crippen LogP contribution in [0.5, 0.6) is 0 Å². The second kappa shape index (κ2) is 65.7. The molecule has 0 saturated heterocycles. The summed E-state index contributed by atoms with van der Waals surface area (Å²) in [5.41, 5.74) is 1.52. The summed E-state index contributed by atoms with van der Waals surface area (Å²) in [5, 5.41) is 45.5. The zero-order valence-corrected chi connectivity index (χ0v) is 77.1. The van der Waals surface area contributed by atoms with Crippen LogP contribution in [0.2, 0.25) is 0 Å². The molecule has 0 fully saturated rings. The van der Waals surface area contributed by atoms with Crippen molar-refractivity contribution in [2.45, 2.75) is 183 Å². The fraction of sp³-hybridized carbons (Fsp3) is 0.713. The predicted molar refractivity (Wildman–Crippen MR) is 483 cm³/mol. The van der Waals surface area contributed by atoms with E-state index >= 15 is 9.59 Å². The van der Waals surface area contributed by atoms with Gasteiger partial charge in [0.2, 0.25) is 76.8 Å². The number of hydrogen-bond acceptors (Lipinski definition) is 23. The molecule has 7 atom stereocenters. The van der Waals surface area contributed by atoms with Crippen molar-refractivity contribution in [2.75, 3.05) is 224 Å². The van der Waals surface area contributed by atoms with Crippen molar-refractivity contribution in [3.05, 3.63) is 71.8 Å². The van der Waals surface area contributed by atoms with Crippen molar-refractivity contribution >= 4 is 76.8 Å². The summed E-state index contributed by atoms with van der Waals surface area (Å²) in [4.78, 5) is 193. The molecule has 0 aromatic heterocycles. The maximum absolute atomic E-state index is 15.4. The molecule has 0 spiro atoms. The Kier molecular flexibility index (Phi) is 58.9. The van der Waals surface area contributed by atoms with Gasteiger partial charge in [-0.2, -0.15) is 0 Å². The van der Waals surface area contributed by atoms with E-state index in [-0.39, 0.29) is 146 Å². The van der Waals surface area contributed by atoms with Crippen molar-refractivity contribution in [3.63, 3.8) is 0 Å². The van der Waals surface area contributed by atoms with Gasteiger partial charge in [-0.15, -0.1) is 0 Å². The van der Waals surface area contributed by atoms with E-state index in [2.05, 4.69) is 84.7 Å². The number of hydrogen-bond donors (Lipinski definition) is 15. The van der Waals surface area contributed by atoms with Gasteiger partial charge in [-0.3, -0.25) is 62.3 Å². The lowest BCUT2D eigenvalue weighted by molar-refractivity contribution is -0.134. The smallest absolute Gasteiger partial charge is 0.243 e. The zero-order chi connectivity index (χ0) is 91.4. The maximum Gasteiger partial charge on any atom is 0.243 e. The molecule has 0 aliphatic carbocycles. The fourth-order valence-corrected chi connectivity index (χ4v) is 13.4. The molecule has 36 heteroatoms. The highest BCUT2D eigenvalue weighted by Crippen LogP contribution is 2.23. The molecule has 2 rings (SSSR count). The fourth-order valence-electron chi connectivity index (χ4n) is 13.4. The van der Waals surface area contributed by atoms with E-state index in [4.69, 9.17) is 0 Å². The van der Waals surface area contributed by atoms with E-state index in [0.717, 1.165) is 37.1 Å². The topological polar surface area (TPSA) is 428 Å². The number of nitrogens with zero attached hydrogens (tertiary/aromatic N) is 8. The average Bonchev–Trinajstić information content (AvgIpc) is 0.845. The molecule has 698 valence electrons. The lowest BCUT2D eigenvalue weighted by Crippen LogP contribution is -2.57. The minimum absolute atomic E-state index is 0.00747. The van der Waals surface area contributed by atoms with Crippen LogP contribution in [-0.4, -0.2) is 382 Å². The lowest BCUT2D eigenvalue weighted by Gasteiger charge is -2.27. The molecule has 0 aliphatic heterocycles. The van der Waals surface area contributed by atoms with Crippen molar-refractivity contribution in [1.29, 1.82) is 0 Å². The van der Waals surface area contributed by atoms with Crippen LogP contribution in [0.1, 0.15) is 152 Å². The highest BCUT2D eigenvalue weighted by atomic mass is 16.2. The van der Waals surface area contributed by atoms with Crippen molar-refractivity contribution < 1.29 is 62.3 Å². The molecule has 36 nitrogen and oxygen atoms in total. The molecule has 123 heavy (non-hydrogen) atoms. The Balaban J connectivity index is 2.66. The van der Waals surface area contributed by atoms with Gasteiger partial charge in [0.25, 0.3) is 0 Å². The quantitative estimate of drug-likeness (QED) is 0.0343. The third-order valence-electron chi connectivity index (χ3n) is 19.5. The molecule has 0 heterocycles. The molecule has 0 aliphatic rings. The average molecular weight is 1730 g/mol. The first-order valence-electron chi connectivity index (χ1n) is 44.0. The van der Waals surface area contributed by atoms with Crippen LogP contribution < -0.4 is 79.8 Å². The summed E-state index contributed by atoms with van der Waals surface area (Å²) in [7, 11) is 28.9. The minimum Gasteiger partial charge on any atom is -0.355 e. The largest absolute Gasteiger partial charge is 0.355 e. The molecule has 13 amide bonds. The number of carbonyl (C=O) groups excluding carboxylic acids is 13. The summed E-state index contributed by atoms with van der Waals surface area (Å²) >= 11 is 0. The van der Waals surface area contributed by atoms with Gasteiger partial charge in [0.1, 0.15) is 36.3 Å². The molecule has 2 aromatic carbocycles. The number of unbranched alkanes of at least 4 members (excludes halogenated alkanes) is 7. The summed E-state index contributed by atoms with van der Waals surface area (Å²) in [6.45, 7) is 5.58. The van der Waals surface area contributed by atoms with Gasteiger partial charge in [-0.25, -0.2) is 0 Å². The Hall–Kier alpha value is -8.85. The third-order valence-corrected chi connectivity index (χ3v) is 19.5. The molecule has 0 saturated carbocycles. The Labute approximate surface area is 733 Å². The summed E-state index contributed by atoms with van der Waals surface area (Å²) < 4.78 is 0. The molecule has 15 N–H and O–H groups in total. The summed E-state index contributed by atoms with van der Waals surface area (Å²) in [6.07, 6.45) is 8.54. The monoisotopic (exact) mass is 1730 g/mol. The second-order valence-corrected chi connectivity index (χ2v) is 34.1. The van der Waals surface area contributed by atoms with Crippen LogP contribution in [0, 0.1) is 0 Å². The van der Waals surface area contributed by atoms with Crippen LogP contribution >= 0.6 is 0 Å². The van der Waals surface area contributed by atoms with Gasteiger partial charge in [-0.1, -0.05) is 60.7 Å². The van der Waals surface area contributed by atoms with Gasteiger partial charge in [0.05, 0.1) is 51.9 Å². The van der Waals surface area contributed by atoms with Gasteiger partial charge < -0.3 is 119 Å². The molecule has 7 unspecified atom stereocenters. The number of amides is 13. The Morgan fingerprint density at radius 3 is 0.805 bits per heavy atom. The molecule has 0 radical (unpaired) electrons. The Morgan fingerprint density at radius 2 is 0.488 bits per heavy atom. The minimum atomic E-state index is -1.28. The maximum atomic E-state index is 15.4. The van der Waals surface area contributed by atoms with E-state index in [1.807, 2.05) is 103 Å². The second-order valence-electron chi connectivity index (χ2n) is 34.1. The molecular formula is C87H157N23O13. The number of rotatable bonds is 70. The first-order chi connectivity index (χ1) is 58.5. The van der Waals surface area contributed by atoms with Gasteiger partial charge in [-0.05, 0) is 272 Å². The predicted octanol–water partition coefficient (Wildman–Crippen LogP) is -1.27. The number of benzene rings is 2. The van der Waals surface area contributed by atoms with E-state index < -0.39 is 89.6 Å². The first kappa shape index (κ1) is 110. The Bertz CT molecular complexity index is 3340. The number of carbonyl (C=O) groups is 13. The van der Waals surface area contributed by atoms with Gasteiger partial charge in [0.15, 0.2) is 0 Å². The standard InChI is InChI=1S/C87H157N23O13/c1-103(2)56-55-88-48-30-24-44-70(97-79(116)63-109(13)14)85(121)100-72(46-28-35-53-93-82(118)68(96-78(115)62-108(11)12)42-26-33-51-91-75(112)59-105(5)6)86(122)101-73(87(123)102-81(65-37-19-17-20-38-65)66-39-21-18-22-40-66)47-29-36-54-94-83(119)69(99-84(120)71(98-80(117)64-110(15)16)45-27-34-52-92-76(113)60-106(7)8)43-25-31-49-89-57-67(95-77(114)61-107(9)10)41-23-32-50-90-74(111)58-104(3)4/h17-22,37-40,67-73,81,88-89H,23-36,41-64H2,1-16H3,(H,90,111)(H,91,112)(H,92,113)(H,93,118)(H,94,119)(H,95,114)(H,96,115)(H,97,116)(H,98,117)(H,99,120)(H,100,121)(H,101,122)(H,102,123). The van der Waals surface area contributed by atoms with E-state index in [1.165, 1.54) is 0 Å². The van der Waals surface area contributed by atoms with E-state index in [1.54, 1.807) is 105 Å². The van der Waals surface area contributed by atoms with Crippen LogP contribution in [0.25, 0.3) is 0 Å². The first-order valence-corrected chi connectivity index (χ1v) is 44.0. The SMILES string of the molecule is CN(C)CCNCCCCC(NC(=O)CN(C)C)C(=O)NC(CCCCNC(=O)C(CCCCNC(=O)CN(C)C)NC(=O)CN(C)C)C(=O)NC(CCCCNC(=O)C(CCCCNCC(CCCCNC(=O)CN(C)C)NC(=O)CN(C)C)NC(=O)C(CCCCNC(=O)CN(C)C)NC(=O)CN(C)C)C(=O)NC(c1ccccc1)c1ccccc1. The molecular weight excluding hydrogens is 1580 g/mol. The van der Waals surface area contributed by atoms with Crippen LogP contribution in [-0.2, 0) is 62.3 Å². The van der Waals surface area contributed by atoms with Gasteiger partial charge in [0, 0.05) is 58.4 Å². The lowest BCUT2D eigenvalue weighted by atomic mass is 9.97. The van der Waals surface area contributed by atoms with Crippen LogP contribution in [0.15, 0.2) is 60.7 Å². The van der Waals surface area contributed by atoms with Crippen LogP contribution in [0.4, 0.5) is 0 Å². The molecule has 0 bridgehead atoms. The van der Waals surface area contributed by atoms with E-state index in [0.29, 0.717) is 110 Å². The van der Waals surface area contributed by atoms with E-state index in [9.17, 15) is 52.7 Å². The highest BCUT2D eigenvalue weighted by Gasteiger charge is 2.33. The zero-order valence-electron chi connectivity index (χ0n) is 77.1. The van der Waals surface area contributed by atoms with Crippen molar-refractivity contribution in [1.82, 2.24) is 119 Å². The van der Waals surface area contributed by atoms with Crippen molar-refractivity contribution in [2.24, 2.45) is 0 Å². The van der Waals surface area contributed by atoms with Crippen molar-refractivity contribution in [3.8, 4) is 0 Å². The van der Waals surface area contributed by atoms with Crippen LogP contribution in [0.3, 0.4) is 0 Å². The number of nitrogens with one attached hydrogen (secondary N) is 15. The summed E-state index contributed by atoms with van der Waals surface area (Å²) in [5.74, 6) is -4.97. The third kappa shape index (κ3) is 55.9. The summed E-state index contributed by atoms with van der Waals surface area (Å²) in [6, 6.07) is 11.2. The normalized spacial score (nSPS) is 13.2. The van der Waals surface area contributed by atoms with Gasteiger partial charge >= 0.3 is 0 Å². The molecule has 2 aromatic rings. The highest BCUT2D eigenvalue weighted by molar-refractivity contribution is 5.95. The Morgan fingerprint density at radius 1 is 0.236 bits per heavy atom. The number of likely N-dealkylation sites (N-methyl/N-ethyl adjacent to an activating group) is 8.